The number of benzene rings is 3. The Labute approximate surface area is 278 Å². The Bertz CT molecular complexity index is 1420. The lowest BCUT2D eigenvalue weighted by Crippen LogP contribution is -2.47. The van der Waals surface area contributed by atoms with Crippen molar-refractivity contribution >= 4 is 11.8 Å². The molecule has 3 aromatic carbocycles. The van der Waals surface area contributed by atoms with Gasteiger partial charge in [0.05, 0.1) is 32.0 Å². The van der Waals surface area contributed by atoms with Crippen molar-refractivity contribution < 1.29 is 28.9 Å². The molecule has 9 nitrogen and oxygen atoms in total. The number of morpholine rings is 1. The van der Waals surface area contributed by atoms with Crippen molar-refractivity contribution in [2.24, 2.45) is 5.92 Å². The zero-order valence-corrected chi connectivity index (χ0v) is 27.7. The average Bonchev–Trinajstić information content (AvgIpc) is 3.10. The maximum Gasteiger partial charge on any atom is 0.220 e. The largest absolute Gasteiger partial charge is 0.392 e. The third kappa shape index (κ3) is 9.95. The highest BCUT2D eigenvalue weighted by Crippen LogP contribution is 2.42. The molecular weight excluding hydrogens is 594 g/mol. The molecule has 3 aromatic rings. The standard InChI is InChI=1S/C38H49N3O6/c1-27-35(25-41-20-22-45-23-21-41)46-38(47-37(27)31-13-11-29(26-42)12-14-31)32-17-15-30(16-18-32)34-9-6-5-8-33(34)24-40-36(44)10-4-3-7-19-39-28(2)43/h5-6,8-9,11-18,27,35,37-38,42H,3-4,7,10,19-26H2,1-2H3,(H,39,43)(H,40,44)/t27-,35+,37+,38+/m0/s1. The quantitative estimate of drug-likeness (QED) is 0.205. The second kappa shape index (κ2) is 17.5. The van der Waals surface area contributed by atoms with Crippen molar-refractivity contribution in [3.05, 3.63) is 95.1 Å². The van der Waals surface area contributed by atoms with E-state index in [1.54, 1.807) is 0 Å². The van der Waals surface area contributed by atoms with Gasteiger partial charge in [-0.05, 0) is 40.7 Å². The van der Waals surface area contributed by atoms with Gasteiger partial charge in [-0.3, -0.25) is 14.5 Å². The lowest BCUT2D eigenvalue weighted by Gasteiger charge is -2.43. The third-order valence-electron chi connectivity index (χ3n) is 9.11. The molecule has 0 spiro atoms. The number of aliphatic hydroxyl groups excluding tert-OH is 1. The van der Waals surface area contributed by atoms with Gasteiger partial charge < -0.3 is 30.0 Å². The van der Waals surface area contributed by atoms with Gasteiger partial charge in [0, 0.05) is 57.5 Å². The summed E-state index contributed by atoms with van der Waals surface area (Å²) in [5.74, 6) is 0.131. The summed E-state index contributed by atoms with van der Waals surface area (Å²) < 4.78 is 18.9. The molecule has 2 fully saturated rings. The van der Waals surface area contributed by atoms with E-state index in [1.165, 1.54) is 6.92 Å². The zero-order chi connectivity index (χ0) is 33.0. The van der Waals surface area contributed by atoms with E-state index < -0.39 is 6.29 Å². The number of ether oxygens (including phenoxy) is 3. The molecule has 0 aliphatic carbocycles. The van der Waals surface area contributed by atoms with E-state index in [9.17, 15) is 14.7 Å². The topological polar surface area (TPSA) is 109 Å². The molecule has 0 radical (unpaired) electrons. The van der Waals surface area contributed by atoms with Gasteiger partial charge in [-0.25, -0.2) is 0 Å². The Morgan fingerprint density at radius 1 is 0.872 bits per heavy atom. The molecule has 3 N–H and O–H groups in total. The molecule has 0 unspecified atom stereocenters. The molecule has 4 atom stereocenters. The Morgan fingerprint density at radius 2 is 1.60 bits per heavy atom. The number of nitrogens with one attached hydrogen (secondary N) is 2. The zero-order valence-electron chi connectivity index (χ0n) is 27.7. The summed E-state index contributed by atoms with van der Waals surface area (Å²) in [6.07, 6.45) is 2.31. The van der Waals surface area contributed by atoms with Crippen LogP contribution in [-0.4, -0.2) is 67.3 Å². The second-order valence-electron chi connectivity index (χ2n) is 12.6. The first-order valence-corrected chi connectivity index (χ1v) is 16.9. The van der Waals surface area contributed by atoms with Crippen LogP contribution in [0.2, 0.25) is 0 Å². The summed E-state index contributed by atoms with van der Waals surface area (Å²) in [5.41, 5.74) is 6.08. The minimum absolute atomic E-state index is 0.0106. The van der Waals surface area contributed by atoms with E-state index >= 15 is 0 Å². The molecule has 47 heavy (non-hydrogen) atoms. The number of nitrogens with zero attached hydrogens (tertiary/aromatic N) is 1. The third-order valence-corrected chi connectivity index (χ3v) is 9.11. The Morgan fingerprint density at radius 3 is 2.32 bits per heavy atom. The van der Waals surface area contributed by atoms with Crippen LogP contribution >= 0.6 is 0 Å². The molecule has 5 rings (SSSR count). The van der Waals surface area contributed by atoms with Gasteiger partial charge in [0.1, 0.15) is 0 Å². The van der Waals surface area contributed by atoms with Crippen molar-refractivity contribution in [3.63, 3.8) is 0 Å². The number of carbonyl (C=O) groups is 2. The van der Waals surface area contributed by atoms with E-state index in [4.69, 9.17) is 14.2 Å². The highest BCUT2D eigenvalue weighted by Gasteiger charge is 2.39. The summed E-state index contributed by atoms with van der Waals surface area (Å²) in [4.78, 5) is 25.9. The summed E-state index contributed by atoms with van der Waals surface area (Å²) in [6.45, 7) is 8.89. The number of unbranched alkanes of at least 4 members (excludes halogenated alkanes) is 2. The van der Waals surface area contributed by atoms with Crippen molar-refractivity contribution in [1.29, 1.82) is 0 Å². The average molecular weight is 644 g/mol. The fourth-order valence-corrected chi connectivity index (χ4v) is 6.28. The number of hydrogen-bond acceptors (Lipinski definition) is 7. The monoisotopic (exact) mass is 643 g/mol. The second-order valence-corrected chi connectivity index (χ2v) is 12.6. The van der Waals surface area contributed by atoms with E-state index in [2.05, 4.69) is 58.9 Å². The maximum atomic E-state index is 12.5. The Hall–Kier alpha value is -3.60. The number of hydrogen-bond donors (Lipinski definition) is 3. The molecule has 252 valence electrons. The molecule has 2 saturated heterocycles. The smallest absolute Gasteiger partial charge is 0.220 e. The Kier molecular flexibility index (Phi) is 12.9. The molecular formula is C38H49N3O6. The normalized spacial score (nSPS) is 21.7. The Balaban J connectivity index is 1.24. The first kappa shape index (κ1) is 34.7. The lowest BCUT2D eigenvalue weighted by atomic mass is 9.90. The van der Waals surface area contributed by atoms with Crippen LogP contribution in [0.4, 0.5) is 0 Å². The minimum Gasteiger partial charge on any atom is -0.392 e. The van der Waals surface area contributed by atoms with Gasteiger partial charge in [0.2, 0.25) is 11.8 Å². The van der Waals surface area contributed by atoms with Gasteiger partial charge in [-0.1, -0.05) is 86.1 Å². The predicted octanol–water partition coefficient (Wildman–Crippen LogP) is 5.28. The van der Waals surface area contributed by atoms with Gasteiger partial charge >= 0.3 is 0 Å². The summed E-state index contributed by atoms with van der Waals surface area (Å²) in [5, 5.41) is 15.4. The first-order valence-electron chi connectivity index (χ1n) is 16.9. The van der Waals surface area contributed by atoms with Crippen LogP contribution in [0.15, 0.2) is 72.8 Å². The van der Waals surface area contributed by atoms with Crippen LogP contribution in [0, 0.1) is 5.92 Å². The van der Waals surface area contributed by atoms with E-state index in [1.807, 2.05) is 36.4 Å². The fraction of sp³-hybridized carbons (Fsp3) is 0.474. The van der Waals surface area contributed by atoms with E-state index in [0.29, 0.717) is 19.5 Å². The van der Waals surface area contributed by atoms with Gasteiger partial charge in [-0.2, -0.15) is 0 Å². The van der Waals surface area contributed by atoms with Crippen LogP contribution in [0.3, 0.4) is 0 Å². The van der Waals surface area contributed by atoms with Crippen LogP contribution in [0.5, 0.6) is 0 Å². The highest BCUT2D eigenvalue weighted by molar-refractivity contribution is 5.76. The first-order chi connectivity index (χ1) is 22.9. The predicted molar refractivity (Wildman–Crippen MR) is 181 cm³/mol. The molecule has 9 heteroatoms. The molecule has 2 aliphatic heterocycles. The number of amides is 2. The summed E-state index contributed by atoms with van der Waals surface area (Å²) in [7, 11) is 0. The summed E-state index contributed by atoms with van der Waals surface area (Å²) >= 11 is 0. The minimum atomic E-state index is -0.526. The maximum absolute atomic E-state index is 12.5. The molecule has 0 saturated carbocycles. The molecule has 0 bridgehead atoms. The highest BCUT2D eigenvalue weighted by atomic mass is 16.7. The van der Waals surface area contributed by atoms with E-state index in [0.717, 1.165) is 85.5 Å². The molecule has 0 aromatic heterocycles. The van der Waals surface area contributed by atoms with Crippen LogP contribution in [0.25, 0.3) is 11.1 Å². The van der Waals surface area contributed by atoms with Crippen molar-refractivity contribution in [1.82, 2.24) is 15.5 Å². The van der Waals surface area contributed by atoms with Crippen LogP contribution in [-0.2, 0) is 37.0 Å². The fourth-order valence-electron chi connectivity index (χ4n) is 6.28. The number of carbonyl (C=O) groups excluding carboxylic acids is 2. The van der Waals surface area contributed by atoms with Crippen LogP contribution in [0.1, 0.15) is 74.2 Å². The number of aliphatic hydroxyl groups is 1. The SMILES string of the molecule is CC(=O)NCCCCCC(=O)NCc1ccccc1-c1ccc([C@@H]2O[C@H](CN3CCOCC3)[C@H](C)[C@H](c3ccc(CO)cc3)O2)cc1. The molecule has 2 aliphatic rings. The molecule has 2 amide bonds. The van der Waals surface area contributed by atoms with Gasteiger partial charge in [0.15, 0.2) is 6.29 Å². The van der Waals surface area contributed by atoms with Crippen molar-refractivity contribution in [3.8, 4) is 11.1 Å². The van der Waals surface area contributed by atoms with Gasteiger partial charge in [0.25, 0.3) is 0 Å². The number of rotatable bonds is 14. The lowest BCUT2D eigenvalue weighted by molar-refractivity contribution is -0.277. The summed E-state index contributed by atoms with van der Waals surface area (Å²) in [6, 6.07) is 24.5. The van der Waals surface area contributed by atoms with Crippen molar-refractivity contribution in [2.45, 2.75) is 71.2 Å². The van der Waals surface area contributed by atoms with E-state index in [-0.39, 0.29) is 36.5 Å². The van der Waals surface area contributed by atoms with Crippen LogP contribution < -0.4 is 10.6 Å². The molecule has 2 heterocycles. The van der Waals surface area contributed by atoms with Gasteiger partial charge in [-0.15, -0.1) is 0 Å². The van der Waals surface area contributed by atoms with Crippen molar-refractivity contribution in [2.75, 3.05) is 39.4 Å².